The highest BCUT2D eigenvalue weighted by atomic mass is 35.5. The van der Waals surface area contributed by atoms with Crippen molar-refractivity contribution in [2.24, 2.45) is 5.73 Å². The molecule has 0 radical (unpaired) electrons. The Morgan fingerprint density at radius 2 is 2.25 bits per heavy atom. The van der Waals surface area contributed by atoms with Crippen molar-refractivity contribution in [2.45, 2.75) is 18.9 Å². The molecule has 0 aliphatic carbocycles. The van der Waals surface area contributed by atoms with Crippen LogP contribution in [-0.2, 0) is 20.7 Å². The largest absolute Gasteiger partial charge is 0.383 e. The van der Waals surface area contributed by atoms with Crippen LogP contribution >= 0.6 is 12.4 Å². The first-order chi connectivity index (χ1) is 9.10. The number of halogens is 1. The number of hydrogen-bond acceptors (Lipinski definition) is 4. The van der Waals surface area contributed by atoms with E-state index in [4.69, 9.17) is 10.5 Å². The van der Waals surface area contributed by atoms with Crippen molar-refractivity contribution in [3.8, 4) is 0 Å². The second-order valence-electron chi connectivity index (χ2n) is 4.47. The van der Waals surface area contributed by atoms with E-state index in [2.05, 4.69) is 10.6 Å². The average molecular weight is 300 g/mol. The number of hydrogen-bond donors (Lipinski definition) is 3. The summed E-state index contributed by atoms with van der Waals surface area (Å²) in [6.07, 6.45) is 1.14. The Hall–Kier alpha value is -1.63. The van der Waals surface area contributed by atoms with E-state index in [0.29, 0.717) is 18.5 Å². The third-order valence-electron chi connectivity index (χ3n) is 2.95. The van der Waals surface area contributed by atoms with Crippen LogP contribution in [-0.4, -0.2) is 31.6 Å². The summed E-state index contributed by atoms with van der Waals surface area (Å²) in [7, 11) is 1.49. The summed E-state index contributed by atoms with van der Waals surface area (Å²) in [6.45, 7) is 0.173. The number of methoxy groups -OCH3 is 1. The molecule has 1 aromatic carbocycles. The third kappa shape index (κ3) is 3.93. The Labute approximate surface area is 123 Å². The van der Waals surface area contributed by atoms with Crippen LogP contribution in [0, 0.1) is 0 Å². The first kappa shape index (κ1) is 16.4. The fourth-order valence-corrected chi connectivity index (χ4v) is 1.95. The van der Waals surface area contributed by atoms with E-state index >= 15 is 0 Å². The minimum Gasteiger partial charge on any atom is -0.383 e. The van der Waals surface area contributed by atoms with E-state index < -0.39 is 6.04 Å². The van der Waals surface area contributed by atoms with Gasteiger partial charge in [-0.1, -0.05) is 0 Å². The third-order valence-corrected chi connectivity index (χ3v) is 2.95. The molecular weight excluding hydrogens is 282 g/mol. The van der Waals surface area contributed by atoms with Crippen LogP contribution in [0.1, 0.15) is 12.0 Å². The number of anilines is 2. The van der Waals surface area contributed by atoms with Gasteiger partial charge in [-0.25, -0.2) is 0 Å². The lowest BCUT2D eigenvalue weighted by molar-refractivity contribution is -0.118. The maximum absolute atomic E-state index is 11.7. The lowest BCUT2D eigenvalue weighted by Crippen LogP contribution is -2.39. The van der Waals surface area contributed by atoms with Crippen molar-refractivity contribution in [3.63, 3.8) is 0 Å². The van der Waals surface area contributed by atoms with E-state index in [9.17, 15) is 9.59 Å². The molecule has 1 unspecified atom stereocenters. The van der Waals surface area contributed by atoms with Gasteiger partial charge in [0.05, 0.1) is 6.61 Å². The van der Waals surface area contributed by atoms with Gasteiger partial charge in [-0.15, -0.1) is 12.4 Å². The molecule has 0 bridgehead atoms. The van der Waals surface area contributed by atoms with Gasteiger partial charge >= 0.3 is 0 Å². The van der Waals surface area contributed by atoms with Crippen LogP contribution in [0.25, 0.3) is 0 Å². The number of nitrogens with one attached hydrogen (secondary N) is 2. The molecule has 1 atom stereocenters. The number of fused-ring (bicyclic) bond motifs is 1. The normalized spacial score (nSPS) is 14.6. The summed E-state index contributed by atoms with van der Waals surface area (Å²) in [4.78, 5) is 23.0. The smallest absolute Gasteiger partial charge is 0.243 e. The quantitative estimate of drug-likeness (QED) is 0.770. The van der Waals surface area contributed by atoms with E-state index in [1.165, 1.54) is 7.11 Å². The molecule has 2 rings (SSSR count). The van der Waals surface area contributed by atoms with E-state index in [0.717, 1.165) is 11.3 Å². The van der Waals surface area contributed by atoms with Gasteiger partial charge in [0.2, 0.25) is 11.8 Å². The summed E-state index contributed by atoms with van der Waals surface area (Å²) >= 11 is 0. The fourth-order valence-electron chi connectivity index (χ4n) is 1.95. The van der Waals surface area contributed by atoms with Crippen LogP contribution in [0.4, 0.5) is 11.4 Å². The standard InChI is InChI=1S/C13H17N3O3.ClH/c1-19-7-10(14)13(18)15-9-3-4-11-8(6-9)2-5-12(17)16-11;/h3-4,6,10H,2,5,7,14H2,1H3,(H,15,18)(H,16,17);1H. The van der Waals surface area contributed by atoms with Gasteiger partial charge in [0.1, 0.15) is 6.04 Å². The van der Waals surface area contributed by atoms with Crippen LogP contribution < -0.4 is 16.4 Å². The summed E-state index contributed by atoms with van der Waals surface area (Å²) in [5.41, 5.74) is 8.12. The Morgan fingerprint density at radius 3 is 2.95 bits per heavy atom. The molecule has 1 heterocycles. The maximum atomic E-state index is 11.7. The fraction of sp³-hybridized carbons (Fsp3) is 0.385. The number of rotatable bonds is 4. The lowest BCUT2D eigenvalue weighted by Gasteiger charge is -2.18. The van der Waals surface area contributed by atoms with Crippen LogP contribution in [0.3, 0.4) is 0 Å². The van der Waals surface area contributed by atoms with Crippen LogP contribution in [0.5, 0.6) is 0 Å². The Morgan fingerprint density at radius 1 is 1.50 bits per heavy atom. The number of amides is 2. The highest BCUT2D eigenvalue weighted by Gasteiger charge is 2.17. The minimum atomic E-state index is -0.694. The number of aryl methyl sites for hydroxylation is 1. The highest BCUT2D eigenvalue weighted by molar-refractivity contribution is 5.97. The van der Waals surface area contributed by atoms with Gasteiger partial charge < -0.3 is 21.1 Å². The van der Waals surface area contributed by atoms with Gasteiger partial charge in [0, 0.05) is 24.9 Å². The molecule has 6 nitrogen and oxygen atoms in total. The monoisotopic (exact) mass is 299 g/mol. The van der Waals surface area contributed by atoms with E-state index in [-0.39, 0.29) is 30.8 Å². The highest BCUT2D eigenvalue weighted by Crippen LogP contribution is 2.25. The molecule has 7 heteroatoms. The Bertz CT molecular complexity index is 508. The van der Waals surface area contributed by atoms with Gasteiger partial charge in [-0.3, -0.25) is 9.59 Å². The maximum Gasteiger partial charge on any atom is 0.243 e. The SMILES string of the molecule is COCC(N)C(=O)Nc1ccc2c(c1)CCC(=O)N2.Cl. The predicted octanol–water partition coefficient (Wildman–Crippen LogP) is 0.905. The molecule has 4 N–H and O–H groups in total. The molecule has 0 fully saturated rings. The van der Waals surface area contributed by atoms with Crippen LogP contribution in [0.15, 0.2) is 18.2 Å². The molecule has 110 valence electrons. The summed E-state index contributed by atoms with van der Waals surface area (Å²) in [6, 6.07) is 4.68. The zero-order chi connectivity index (χ0) is 13.8. The van der Waals surface area contributed by atoms with Crippen molar-refractivity contribution >= 4 is 35.6 Å². The molecule has 0 aromatic heterocycles. The van der Waals surface area contributed by atoms with Crippen molar-refractivity contribution in [2.75, 3.05) is 24.4 Å². The Kier molecular flexibility index (Phi) is 5.94. The molecule has 20 heavy (non-hydrogen) atoms. The lowest BCUT2D eigenvalue weighted by atomic mass is 10.0. The minimum absolute atomic E-state index is 0. The summed E-state index contributed by atoms with van der Waals surface area (Å²) in [5, 5.41) is 5.52. The van der Waals surface area contributed by atoms with Gasteiger partial charge in [0.15, 0.2) is 0 Å². The van der Waals surface area contributed by atoms with Crippen molar-refractivity contribution in [1.82, 2.24) is 0 Å². The Balaban J connectivity index is 0.00000200. The van der Waals surface area contributed by atoms with Crippen molar-refractivity contribution in [3.05, 3.63) is 23.8 Å². The van der Waals surface area contributed by atoms with Gasteiger partial charge in [-0.05, 0) is 30.2 Å². The molecule has 0 saturated carbocycles. The number of carbonyl (C=O) groups is 2. The topological polar surface area (TPSA) is 93.4 Å². The number of carbonyl (C=O) groups excluding carboxylic acids is 2. The zero-order valence-corrected chi connectivity index (χ0v) is 12.0. The predicted molar refractivity (Wildman–Crippen MR) is 79.1 cm³/mol. The first-order valence-electron chi connectivity index (χ1n) is 6.08. The average Bonchev–Trinajstić information content (AvgIpc) is 2.39. The second kappa shape index (κ2) is 7.23. The molecule has 1 aliphatic rings. The molecule has 0 saturated heterocycles. The number of benzene rings is 1. The van der Waals surface area contributed by atoms with Gasteiger partial charge in [0.25, 0.3) is 0 Å². The second-order valence-corrected chi connectivity index (χ2v) is 4.47. The van der Waals surface area contributed by atoms with E-state index in [1.807, 2.05) is 6.07 Å². The molecule has 1 aromatic rings. The van der Waals surface area contributed by atoms with Crippen molar-refractivity contribution < 1.29 is 14.3 Å². The molecule has 0 spiro atoms. The number of nitrogens with two attached hydrogens (primary N) is 1. The van der Waals surface area contributed by atoms with Crippen molar-refractivity contribution in [1.29, 1.82) is 0 Å². The number of ether oxygens (including phenoxy) is 1. The molecular formula is C13H18ClN3O3. The van der Waals surface area contributed by atoms with Crippen LogP contribution in [0.2, 0.25) is 0 Å². The first-order valence-corrected chi connectivity index (χ1v) is 6.08. The molecule has 2 amide bonds. The summed E-state index contributed by atoms with van der Waals surface area (Å²) in [5.74, 6) is -0.270. The van der Waals surface area contributed by atoms with Gasteiger partial charge in [-0.2, -0.15) is 0 Å². The molecule has 1 aliphatic heterocycles. The summed E-state index contributed by atoms with van der Waals surface area (Å²) < 4.78 is 4.83. The zero-order valence-electron chi connectivity index (χ0n) is 11.1. The van der Waals surface area contributed by atoms with E-state index in [1.54, 1.807) is 12.1 Å².